The van der Waals surface area contributed by atoms with Crippen molar-refractivity contribution < 1.29 is 19.2 Å². The molecule has 2 heterocycles. The largest absolute Gasteiger partial charge is 0.368 e. The highest BCUT2D eigenvalue weighted by atomic mass is 16.2. The molecule has 2 fully saturated rings. The summed E-state index contributed by atoms with van der Waals surface area (Å²) in [6.07, 6.45) is 3.03. The van der Waals surface area contributed by atoms with Crippen LogP contribution < -0.4 is 21.7 Å². The zero-order valence-corrected chi connectivity index (χ0v) is 25.9. The number of primary amides is 1. The Bertz CT molecular complexity index is 1750. The predicted molar refractivity (Wildman–Crippen MR) is 179 cm³/mol. The minimum atomic E-state index is -0.955. The lowest BCUT2D eigenvalue weighted by Gasteiger charge is -2.30. The highest BCUT2D eigenvalue weighted by Crippen LogP contribution is 2.22. The lowest BCUT2D eigenvalue weighted by molar-refractivity contribution is -0.141. The van der Waals surface area contributed by atoms with Crippen LogP contribution in [0, 0.1) is 5.92 Å². The molecule has 0 bridgehead atoms. The molecule has 2 aliphatic heterocycles. The van der Waals surface area contributed by atoms with E-state index in [1.807, 2.05) is 84.9 Å². The van der Waals surface area contributed by atoms with Crippen LogP contribution in [-0.4, -0.2) is 66.3 Å². The molecule has 0 saturated carbocycles. The molecule has 0 aliphatic carbocycles. The second kappa shape index (κ2) is 14.1. The standard InChI is InChI=1S/C37H41N5O4/c38-34(43)33-10-5-19-42(33)37(46)32(23-25-12-14-27-7-2-4-9-30(27)21-25)41-36(45)31(40-35(44)28-15-17-39-18-16-28)22-24-11-13-26-6-1-3-8-29(26)20-24/h1-4,6-9,11-14,20-21,28,31-33,39H,5,10,15-19,22-23H2,(H2,38,43)(H,40,44)(H,41,45). The van der Waals surface area contributed by atoms with Gasteiger partial charge in [0.15, 0.2) is 0 Å². The van der Waals surface area contributed by atoms with Crippen molar-refractivity contribution in [3.8, 4) is 0 Å². The van der Waals surface area contributed by atoms with E-state index in [1.54, 1.807) is 0 Å². The zero-order chi connectivity index (χ0) is 32.0. The number of fused-ring (bicyclic) bond motifs is 2. The molecule has 6 rings (SSSR count). The van der Waals surface area contributed by atoms with Crippen LogP contribution in [-0.2, 0) is 32.0 Å². The molecule has 0 radical (unpaired) electrons. The Morgan fingerprint density at radius 2 is 1.30 bits per heavy atom. The van der Waals surface area contributed by atoms with Crippen molar-refractivity contribution in [3.05, 3.63) is 96.1 Å². The molecule has 238 valence electrons. The van der Waals surface area contributed by atoms with E-state index < -0.39 is 29.9 Å². The molecule has 4 aromatic carbocycles. The molecule has 4 aromatic rings. The molecule has 5 N–H and O–H groups in total. The average molecular weight is 620 g/mol. The molecule has 9 heteroatoms. The van der Waals surface area contributed by atoms with Crippen molar-refractivity contribution in [1.82, 2.24) is 20.9 Å². The number of hydrogen-bond donors (Lipinski definition) is 4. The molecule has 4 amide bonds. The van der Waals surface area contributed by atoms with Crippen LogP contribution in [0.5, 0.6) is 0 Å². The Morgan fingerprint density at radius 1 is 0.739 bits per heavy atom. The number of piperidine rings is 1. The molecule has 9 nitrogen and oxygen atoms in total. The fraction of sp³-hybridized carbons (Fsp3) is 0.351. The molecule has 0 aromatic heterocycles. The minimum absolute atomic E-state index is 0.159. The van der Waals surface area contributed by atoms with E-state index in [-0.39, 0.29) is 30.6 Å². The molecule has 2 saturated heterocycles. The van der Waals surface area contributed by atoms with Crippen LogP contribution in [0.2, 0.25) is 0 Å². The Morgan fingerprint density at radius 3 is 1.89 bits per heavy atom. The molecule has 2 aliphatic rings. The highest BCUT2D eigenvalue weighted by Gasteiger charge is 2.38. The number of nitrogens with zero attached hydrogens (tertiary/aromatic N) is 1. The van der Waals surface area contributed by atoms with Crippen LogP contribution in [0.15, 0.2) is 84.9 Å². The van der Waals surface area contributed by atoms with Crippen molar-refractivity contribution in [2.75, 3.05) is 19.6 Å². The molecule has 3 atom stereocenters. The third kappa shape index (κ3) is 7.21. The molecule has 46 heavy (non-hydrogen) atoms. The van der Waals surface area contributed by atoms with E-state index in [9.17, 15) is 19.2 Å². The second-order valence-electron chi connectivity index (χ2n) is 12.5. The highest BCUT2D eigenvalue weighted by molar-refractivity contribution is 5.95. The van der Waals surface area contributed by atoms with Gasteiger partial charge in [0.25, 0.3) is 0 Å². The maximum Gasteiger partial charge on any atom is 0.246 e. The topological polar surface area (TPSA) is 134 Å². The van der Waals surface area contributed by atoms with E-state index in [2.05, 4.69) is 16.0 Å². The summed E-state index contributed by atoms with van der Waals surface area (Å²) < 4.78 is 0. The monoisotopic (exact) mass is 619 g/mol. The number of rotatable bonds is 10. The fourth-order valence-electron chi connectivity index (χ4n) is 6.78. The first kappa shape index (κ1) is 31.2. The van der Waals surface area contributed by atoms with Crippen LogP contribution in [0.1, 0.15) is 36.8 Å². The van der Waals surface area contributed by atoms with Gasteiger partial charge in [0, 0.05) is 25.3 Å². The van der Waals surface area contributed by atoms with Crippen molar-refractivity contribution in [1.29, 1.82) is 0 Å². The van der Waals surface area contributed by atoms with Gasteiger partial charge in [-0.05, 0) is 71.4 Å². The summed E-state index contributed by atoms with van der Waals surface area (Å²) in [5, 5.41) is 13.5. The number of nitrogens with two attached hydrogens (primary N) is 1. The van der Waals surface area contributed by atoms with Crippen LogP contribution in [0.25, 0.3) is 21.5 Å². The van der Waals surface area contributed by atoms with Crippen LogP contribution >= 0.6 is 0 Å². The van der Waals surface area contributed by atoms with Gasteiger partial charge in [-0.3, -0.25) is 19.2 Å². The maximum absolute atomic E-state index is 14.2. The zero-order valence-electron chi connectivity index (χ0n) is 25.9. The lowest BCUT2D eigenvalue weighted by Crippen LogP contribution is -2.58. The summed E-state index contributed by atoms with van der Waals surface area (Å²) in [5.41, 5.74) is 7.44. The number of benzene rings is 4. The third-order valence-electron chi connectivity index (χ3n) is 9.33. The van der Waals surface area contributed by atoms with Gasteiger partial charge in [0.05, 0.1) is 0 Å². The van der Waals surface area contributed by atoms with Gasteiger partial charge >= 0.3 is 0 Å². The Labute approximate surface area is 268 Å². The van der Waals surface area contributed by atoms with Gasteiger partial charge in [0.2, 0.25) is 23.6 Å². The first-order valence-corrected chi connectivity index (χ1v) is 16.2. The summed E-state index contributed by atoms with van der Waals surface area (Å²) >= 11 is 0. The van der Waals surface area contributed by atoms with E-state index in [1.165, 1.54) is 4.90 Å². The van der Waals surface area contributed by atoms with E-state index in [4.69, 9.17) is 5.73 Å². The molecular formula is C37H41N5O4. The minimum Gasteiger partial charge on any atom is -0.368 e. The van der Waals surface area contributed by atoms with E-state index in [0.717, 1.165) is 45.8 Å². The predicted octanol–water partition coefficient (Wildman–Crippen LogP) is 3.22. The van der Waals surface area contributed by atoms with Crippen LogP contribution in [0.4, 0.5) is 0 Å². The van der Waals surface area contributed by atoms with Gasteiger partial charge < -0.3 is 26.6 Å². The van der Waals surface area contributed by atoms with Crippen LogP contribution in [0.3, 0.4) is 0 Å². The quantitative estimate of drug-likeness (QED) is 0.216. The third-order valence-corrected chi connectivity index (χ3v) is 9.33. The van der Waals surface area contributed by atoms with Gasteiger partial charge in [-0.1, -0.05) is 84.9 Å². The van der Waals surface area contributed by atoms with Gasteiger partial charge in [0.1, 0.15) is 18.1 Å². The maximum atomic E-state index is 14.2. The summed E-state index contributed by atoms with van der Waals surface area (Å²) in [7, 11) is 0. The number of carbonyl (C=O) groups is 4. The second-order valence-corrected chi connectivity index (χ2v) is 12.5. The average Bonchev–Trinajstić information content (AvgIpc) is 3.58. The first-order chi connectivity index (χ1) is 22.4. The fourth-order valence-corrected chi connectivity index (χ4v) is 6.78. The summed E-state index contributed by atoms with van der Waals surface area (Å²) in [6, 6.07) is 25.4. The lowest BCUT2D eigenvalue weighted by atomic mass is 9.95. The SMILES string of the molecule is NC(=O)C1CCCN1C(=O)C(Cc1ccc2ccccc2c1)NC(=O)C(Cc1ccc2ccccc2c1)NC(=O)C1CCNCC1. The van der Waals surface area contributed by atoms with Crippen molar-refractivity contribution in [2.45, 2.75) is 56.7 Å². The molecule has 3 unspecified atom stereocenters. The Kier molecular flexibility index (Phi) is 9.59. The Hall–Kier alpha value is -4.76. The summed E-state index contributed by atoms with van der Waals surface area (Å²) in [6.45, 7) is 1.89. The van der Waals surface area contributed by atoms with Crippen molar-refractivity contribution >= 4 is 45.2 Å². The van der Waals surface area contributed by atoms with Gasteiger partial charge in [-0.15, -0.1) is 0 Å². The number of carbonyl (C=O) groups excluding carboxylic acids is 4. The summed E-state index contributed by atoms with van der Waals surface area (Å²) in [4.78, 5) is 55.4. The number of likely N-dealkylation sites (tertiary alicyclic amines) is 1. The van der Waals surface area contributed by atoms with Crippen molar-refractivity contribution in [3.63, 3.8) is 0 Å². The number of amides is 4. The van der Waals surface area contributed by atoms with E-state index >= 15 is 0 Å². The number of hydrogen-bond acceptors (Lipinski definition) is 5. The smallest absolute Gasteiger partial charge is 0.246 e. The summed E-state index contributed by atoms with van der Waals surface area (Å²) in [5.74, 6) is -1.69. The van der Waals surface area contributed by atoms with E-state index in [0.29, 0.717) is 32.2 Å². The Balaban J connectivity index is 1.28. The van der Waals surface area contributed by atoms with Crippen molar-refractivity contribution in [2.24, 2.45) is 11.7 Å². The van der Waals surface area contributed by atoms with Gasteiger partial charge in [-0.2, -0.15) is 0 Å². The normalized spacial score (nSPS) is 18.3. The number of nitrogens with one attached hydrogen (secondary N) is 3. The van der Waals surface area contributed by atoms with Gasteiger partial charge in [-0.25, -0.2) is 0 Å². The first-order valence-electron chi connectivity index (χ1n) is 16.2. The molecular weight excluding hydrogens is 578 g/mol. The molecule has 0 spiro atoms.